The number of carbonyl (C=O) groups excluding carboxylic acids is 1. The molecule has 0 saturated carbocycles. The molecule has 1 amide bonds. The second kappa shape index (κ2) is 9.26. The van der Waals surface area contributed by atoms with Gasteiger partial charge in [0.2, 0.25) is 10.0 Å². The molecule has 0 spiro atoms. The van der Waals surface area contributed by atoms with E-state index >= 15 is 0 Å². The zero-order valence-corrected chi connectivity index (χ0v) is 15.7. The van der Waals surface area contributed by atoms with Crippen LogP contribution in [-0.2, 0) is 21.2 Å². The lowest BCUT2D eigenvalue weighted by Gasteiger charge is -2.18. The van der Waals surface area contributed by atoms with Crippen LogP contribution in [-0.4, -0.2) is 44.2 Å². The minimum atomic E-state index is -3.49. The van der Waals surface area contributed by atoms with E-state index in [9.17, 15) is 13.2 Å². The first-order valence-electron chi connectivity index (χ1n) is 8.22. The van der Waals surface area contributed by atoms with Crippen LogP contribution in [0.3, 0.4) is 0 Å². The van der Waals surface area contributed by atoms with Crippen LogP contribution in [0, 0.1) is 6.92 Å². The van der Waals surface area contributed by atoms with Crippen LogP contribution in [0.4, 0.5) is 0 Å². The Morgan fingerprint density at radius 1 is 1.15 bits per heavy atom. The van der Waals surface area contributed by atoms with E-state index in [1.54, 1.807) is 0 Å². The molecule has 0 aliphatic rings. The Hall–Kier alpha value is -2.51. The molecule has 0 unspecified atom stereocenters. The average Bonchev–Trinajstić information content (AvgIpc) is 2.58. The Bertz CT molecular complexity index is 865. The van der Waals surface area contributed by atoms with Crippen LogP contribution in [0.2, 0.25) is 0 Å². The quantitative estimate of drug-likeness (QED) is 0.567. The lowest BCUT2D eigenvalue weighted by Crippen LogP contribution is -2.40. The molecule has 0 bridgehead atoms. The lowest BCUT2D eigenvalue weighted by molar-refractivity contribution is -0.121. The number of hydrazone groups is 1. The van der Waals surface area contributed by atoms with E-state index in [0.29, 0.717) is 6.42 Å². The lowest BCUT2D eigenvalue weighted by atomic mass is 10.1. The molecule has 1 N–H and O–H groups in total. The summed E-state index contributed by atoms with van der Waals surface area (Å²) in [6, 6.07) is 17.2. The smallest absolute Gasteiger partial charge is 0.255 e. The number of rotatable bonds is 8. The van der Waals surface area contributed by atoms with E-state index in [-0.39, 0.29) is 13.1 Å². The molecule has 0 aliphatic carbocycles. The van der Waals surface area contributed by atoms with Gasteiger partial charge in [-0.15, -0.1) is 0 Å². The second-order valence-corrected chi connectivity index (χ2v) is 8.02. The molecule has 0 fully saturated rings. The van der Waals surface area contributed by atoms with Gasteiger partial charge in [-0.3, -0.25) is 4.79 Å². The highest BCUT2D eigenvalue weighted by Crippen LogP contribution is 2.05. The van der Waals surface area contributed by atoms with E-state index in [4.69, 9.17) is 0 Å². The fourth-order valence-electron chi connectivity index (χ4n) is 2.39. The van der Waals surface area contributed by atoms with Crippen molar-refractivity contribution in [1.29, 1.82) is 0 Å². The fourth-order valence-corrected chi connectivity index (χ4v) is 3.16. The van der Waals surface area contributed by atoms with Crippen LogP contribution >= 0.6 is 0 Å². The molecule has 7 heteroatoms. The Labute approximate surface area is 154 Å². The van der Waals surface area contributed by atoms with E-state index in [1.807, 2.05) is 61.5 Å². The molecule has 2 aromatic carbocycles. The maximum absolute atomic E-state index is 12.0. The standard InChI is InChI=1S/C19H23N3O3S/c1-16-7-6-10-18(13-16)14-20-21-19(23)15-22(26(2,24)25)12-11-17-8-4-3-5-9-17/h3-10,13-14H,11-12,15H2,1-2H3,(H,21,23)/b20-14+. The number of hydrogen-bond acceptors (Lipinski definition) is 4. The number of benzene rings is 2. The van der Waals surface area contributed by atoms with Gasteiger partial charge in [0.05, 0.1) is 19.0 Å². The largest absolute Gasteiger partial charge is 0.272 e. The van der Waals surface area contributed by atoms with E-state index in [0.717, 1.165) is 27.3 Å². The first-order valence-corrected chi connectivity index (χ1v) is 10.1. The van der Waals surface area contributed by atoms with Gasteiger partial charge in [-0.1, -0.05) is 60.2 Å². The van der Waals surface area contributed by atoms with Crippen molar-refractivity contribution in [2.45, 2.75) is 13.3 Å². The van der Waals surface area contributed by atoms with E-state index in [2.05, 4.69) is 10.5 Å². The molecule has 26 heavy (non-hydrogen) atoms. The van der Waals surface area contributed by atoms with Crippen molar-refractivity contribution < 1.29 is 13.2 Å². The summed E-state index contributed by atoms with van der Waals surface area (Å²) in [6.07, 6.45) is 3.16. The van der Waals surface area contributed by atoms with Crippen LogP contribution in [0.5, 0.6) is 0 Å². The van der Waals surface area contributed by atoms with Gasteiger partial charge >= 0.3 is 0 Å². The van der Waals surface area contributed by atoms with Crippen molar-refractivity contribution >= 4 is 22.1 Å². The van der Waals surface area contributed by atoms with Gasteiger partial charge in [0, 0.05) is 6.54 Å². The van der Waals surface area contributed by atoms with Gasteiger partial charge in [-0.2, -0.15) is 9.41 Å². The highest BCUT2D eigenvalue weighted by Gasteiger charge is 2.19. The maximum Gasteiger partial charge on any atom is 0.255 e. The molecule has 6 nitrogen and oxygen atoms in total. The number of sulfonamides is 1. The topological polar surface area (TPSA) is 78.8 Å². The van der Waals surface area contributed by atoms with Crippen molar-refractivity contribution in [3.8, 4) is 0 Å². The molecule has 0 radical (unpaired) electrons. The van der Waals surface area contributed by atoms with Gasteiger partial charge in [0.25, 0.3) is 5.91 Å². The summed E-state index contributed by atoms with van der Waals surface area (Å²) >= 11 is 0. The number of nitrogens with zero attached hydrogens (tertiary/aromatic N) is 2. The number of aryl methyl sites for hydroxylation is 1. The summed E-state index contributed by atoms with van der Waals surface area (Å²) in [5, 5.41) is 3.89. The van der Waals surface area contributed by atoms with Gasteiger partial charge < -0.3 is 0 Å². The van der Waals surface area contributed by atoms with Crippen LogP contribution < -0.4 is 5.43 Å². The van der Waals surface area contributed by atoms with E-state index in [1.165, 1.54) is 6.21 Å². The van der Waals surface area contributed by atoms with Crippen molar-refractivity contribution in [1.82, 2.24) is 9.73 Å². The summed E-state index contributed by atoms with van der Waals surface area (Å²) in [5.41, 5.74) is 5.33. The molecule has 0 aliphatic heterocycles. The minimum absolute atomic E-state index is 0.234. The van der Waals surface area contributed by atoms with Gasteiger partial charge in [-0.05, 0) is 24.5 Å². The number of amides is 1. The first kappa shape index (κ1) is 19.8. The Morgan fingerprint density at radius 2 is 1.88 bits per heavy atom. The summed E-state index contributed by atoms with van der Waals surface area (Å²) < 4.78 is 25.0. The summed E-state index contributed by atoms with van der Waals surface area (Å²) in [4.78, 5) is 12.0. The molecule has 2 rings (SSSR count). The highest BCUT2D eigenvalue weighted by atomic mass is 32.2. The molecule has 0 saturated heterocycles. The van der Waals surface area contributed by atoms with Crippen LogP contribution in [0.25, 0.3) is 0 Å². The molecule has 0 aromatic heterocycles. The van der Waals surface area contributed by atoms with Crippen molar-refractivity contribution in [3.05, 3.63) is 71.3 Å². The zero-order chi connectivity index (χ0) is 19.0. The number of nitrogens with one attached hydrogen (secondary N) is 1. The van der Waals surface area contributed by atoms with Crippen LogP contribution in [0.1, 0.15) is 16.7 Å². The summed E-state index contributed by atoms with van der Waals surface area (Å²) in [5.74, 6) is -0.479. The van der Waals surface area contributed by atoms with Crippen molar-refractivity contribution in [2.24, 2.45) is 5.10 Å². The molecule has 138 valence electrons. The van der Waals surface area contributed by atoms with Crippen molar-refractivity contribution in [3.63, 3.8) is 0 Å². The molecule has 2 aromatic rings. The van der Waals surface area contributed by atoms with Crippen molar-refractivity contribution in [2.75, 3.05) is 19.3 Å². The normalized spacial score (nSPS) is 11.8. The number of carbonyl (C=O) groups is 1. The Balaban J connectivity index is 1.91. The predicted octanol–water partition coefficient (Wildman–Crippen LogP) is 1.95. The zero-order valence-electron chi connectivity index (χ0n) is 14.9. The first-order chi connectivity index (χ1) is 12.3. The molecule has 0 atom stereocenters. The Morgan fingerprint density at radius 3 is 2.54 bits per heavy atom. The third-order valence-corrected chi connectivity index (χ3v) is 4.98. The van der Waals surface area contributed by atoms with Gasteiger partial charge in [0.15, 0.2) is 0 Å². The van der Waals surface area contributed by atoms with Gasteiger partial charge in [-0.25, -0.2) is 13.8 Å². The third-order valence-electron chi connectivity index (χ3n) is 3.73. The van der Waals surface area contributed by atoms with E-state index < -0.39 is 15.9 Å². The summed E-state index contributed by atoms with van der Waals surface area (Å²) in [7, 11) is -3.49. The third kappa shape index (κ3) is 6.78. The summed E-state index contributed by atoms with van der Waals surface area (Å²) in [6.45, 7) is 1.93. The Kier molecular flexibility index (Phi) is 7.06. The highest BCUT2D eigenvalue weighted by molar-refractivity contribution is 7.88. The molecular formula is C19H23N3O3S. The fraction of sp³-hybridized carbons (Fsp3) is 0.263. The SMILES string of the molecule is Cc1cccc(/C=N/NC(=O)CN(CCc2ccccc2)S(C)(=O)=O)c1. The molecule has 0 heterocycles. The number of hydrogen-bond donors (Lipinski definition) is 1. The molecular weight excluding hydrogens is 350 g/mol. The monoisotopic (exact) mass is 373 g/mol. The second-order valence-electron chi connectivity index (χ2n) is 6.04. The minimum Gasteiger partial charge on any atom is -0.272 e. The maximum atomic E-state index is 12.0. The van der Waals surface area contributed by atoms with Gasteiger partial charge in [0.1, 0.15) is 0 Å². The average molecular weight is 373 g/mol. The van der Waals surface area contributed by atoms with Crippen LogP contribution in [0.15, 0.2) is 59.7 Å². The predicted molar refractivity (Wildman–Crippen MR) is 103 cm³/mol.